The maximum Gasteiger partial charge on any atom is 0.268 e. The Morgan fingerprint density at radius 2 is 2.24 bits per heavy atom. The molecule has 0 bridgehead atoms. The van der Waals surface area contributed by atoms with Crippen LogP contribution in [0.15, 0.2) is 35.5 Å². The molecule has 112 valence electrons. The minimum atomic E-state index is -0.0754. The molecule has 4 nitrogen and oxygen atoms in total. The summed E-state index contributed by atoms with van der Waals surface area (Å²) in [7, 11) is 0. The molecule has 2 aromatic heterocycles. The predicted molar refractivity (Wildman–Crippen MR) is 83.4 cm³/mol. The average Bonchev–Trinajstić information content (AvgIpc) is 3.05. The number of allylic oxidation sites excluding steroid dienone is 1. The summed E-state index contributed by atoms with van der Waals surface area (Å²) < 4.78 is 7.27. The molecule has 2 heterocycles. The first-order valence-electron chi connectivity index (χ1n) is 7.20. The van der Waals surface area contributed by atoms with Crippen molar-refractivity contribution in [3.8, 4) is 0 Å². The number of carbonyl (C=O) groups is 1. The number of amides is 1. The van der Waals surface area contributed by atoms with Crippen LogP contribution < -0.4 is 5.32 Å². The third kappa shape index (κ3) is 2.94. The molecule has 0 atom stereocenters. The highest BCUT2D eigenvalue weighted by Crippen LogP contribution is 2.23. The van der Waals surface area contributed by atoms with E-state index in [0.717, 1.165) is 29.1 Å². The molecular weight excluding hydrogens is 264 g/mol. The minimum Gasteiger partial charge on any atom is -0.467 e. The molecule has 4 heteroatoms. The number of furan rings is 1. The smallest absolute Gasteiger partial charge is 0.268 e. The van der Waals surface area contributed by atoms with E-state index < -0.39 is 0 Å². The first-order valence-corrected chi connectivity index (χ1v) is 7.20. The summed E-state index contributed by atoms with van der Waals surface area (Å²) in [6.45, 7) is 11.0. The van der Waals surface area contributed by atoms with Gasteiger partial charge in [-0.3, -0.25) is 4.79 Å². The maximum absolute atomic E-state index is 12.5. The fraction of sp³-hybridized carbons (Fsp3) is 0.353. The second kappa shape index (κ2) is 6.48. The quantitative estimate of drug-likeness (QED) is 0.828. The Hall–Kier alpha value is -2.23. The number of rotatable bonds is 6. The fourth-order valence-corrected chi connectivity index (χ4v) is 2.78. The summed E-state index contributed by atoms with van der Waals surface area (Å²) in [6, 6.07) is 3.66. The summed E-state index contributed by atoms with van der Waals surface area (Å²) in [6.07, 6.45) is 4.34. The van der Waals surface area contributed by atoms with Crippen LogP contribution in [0, 0.1) is 13.8 Å². The first kappa shape index (κ1) is 15.2. The Morgan fingerprint density at radius 1 is 1.48 bits per heavy atom. The fourth-order valence-electron chi connectivity index (χ4n) is 2.78. The van der Waals surface area contributed by atoms with Crippen LogP contribution in [0.3, 0.4) is 0 Å². The Balaban J connectivity index is 2.28. The number of hydrogen-bond donors (Lipinski definition) is 1. The zero-order valence-corrected chi connectivity index (χ0v) is 12.9. The summed E-state index contributed by atoms with van der Waals surface area (Å²) in [4.78, 5) is 12.5. The van der Waals surface area contributed by atoms with E-state index in [1.807, 2.05) is 29.7 Å². The van der Waals surface area contributed by atoms with E-state index in [1.165, 1.54) is 5.56 Å². The number of nitrogens with one attached hydrogen (secondary N) is 1. The molecule has 0 fully saturated rings. The zero-order chi connectivity index (χ0) is 15.4. The van der Waals surface area contributed by atoms with E-state index in [9.17, 15) is 4.79 Å². The number of nitrogens with zero attached hydrogens (tertiary/aromatic N) is 1. The highest BCUT2D eigenvalue weighted by molar-refractivity contribution is 5.94. The molecule has 0 aliphatic carbocycles. The van der Waals surface area contributed by atoms with Crippen molar-refractivity contribution in [2.75, 3.05) is 0 Å². The normalized spacial score (nSPS) is 10.6. The summed E-state index contributed by atoms with van der Waals surface area (Å²) in [5, 5.41) is 2.92. The van der Waals surface area contributed by atoms with Crippen LogP contribution in [0.5, 0.6) is 0 Å². The van der Waals surface area contributed by atoms with Crippen LogP contribution in [0.4, 0.5) is 0 Å². The number of carbonyl (C=O) groups excluding carboxylic acids is 1. The molecular formula is C17H22N2O2. The molecule has 1 N–H and O–H groups in total. The van der Waals surface area contributed by atoms with Gasteiger partial charge in [0.1, 0.15) is 11.5 Å². The first-order chi connectivity index (χ1) is 10.1. The lowest BCUT2D eigenvalue weighted by molar-refractivity contribution is 0.0938. The van der Waals surface area contributed by atoms with Gasteiger partial charge in [-0.2, -0.15) is 0 Å². The van der Waals surface area contributed by atoms with E-state index in [4.69, 9.17) is 4.42 Å². The molecule has 2 aromatic rings. The third-order valence-electron chi connectivity index (χ3n) is 3.80. The largest absolute Gasteiger partial charge is 0.467 e. The lowest BCUT2D eigenvalue weighted by Crippen LogP contribution is -2.26. The van der Waals surface area contributed by atoms with Gasteiger partial charge >= 0.3 is 0 Å². The van der Waals surface area contributed by atoms with Crippen LogP contribution in [0.25, 0.3) is 0 Å². The molecule has 1 amide bonds. The van der Waals surface area contributed by atoms with Crippen molar-refractivity contribution in [2.45, 2.75) is 40.3 Å². The Labute approximate surface area is 125 Å². The molecule has 0 aliphatic heterocycles. The van der Waals surface area contributed by atoms with E-state index >= 15 is 0 Å². The molecule has 21 heavy (non-hydrogen) atoms. The highest BCUT2D eigenvalue weighted by Gasteiger charge is 2.21. The second-order valence-electron chi connectivity index (χ2n) is 5.05. The number of hydrogen-bond acceptors (Lipinski definition) is 2. The minimum absolute atomic E-state index is 0.0754. The van der Waals surface area contributed by atoms with E-state index in [1.54, 1.807) is 6.26 Å². The monoisotopic (exact) mass is 286 g/mol. The summed E-state index contributed by atoms with van der Waals surface area (Å²) in [5.41, 5.74) is 4.14. The lowest BCUT2D eigenvalue weighted by Gasteiger charge is -2.10. The molecule has 2 rings (SSSR count). The highest BCUT2D eigenvalue weighted by atomic mass is 16.3. The number of aromatic nitrogens is 1. The topological polar surface area (TPSA) is 47.2 Å². The van der Waals surface area contributed by atoms with Gasteiger partial charge in [0.15, 0.2) is 0 Å². The van der Waals surface area contributed by atoms with Gasteiger partial charge in [-0.1, -0.05) is 13.0 Å². The molecule has 0 radical (unpaired) electrons. The van der Waals surface area contributed by atoms with Crippen LogP contribution >= 0.6 is 0 Å². The van der Waals surface area contributed by atoms with Crippen molar-refractivity contribution in [3.05, 3.63) is 59.3 Å². The standard InChI is InChI=1S/C17H22N2O2/c1-5-9-19-13(4)15(6-2)12(3)16(19)17(20)18-11-14-8-7-10-21-14/h5,7-8,10H,1,6,9,11H2,2-4H3,(H,18,20). The predicted octanol–water partition coefficient (Wildman–Crippen LogP) is 3.38. The van der Waals surface area contributed by atoms with Crippen molar-refractivity contribution in [3.63, 3.8) is 0 Å². The molecule has 0 unspecified atom stereocenters. The van der Waals surface area contributed by atoms with Crippen LogP contribution in [-0.4, -0.2) is 10.5 Å². The SMILES string of the molecule is C=CCn1c(C)c(CC)c(C)c1C(=O)NCc1ccco1. The zero-order valence-electron chi connectivity index (χ0n) is 12.9. The second-order valence-corrected chi connectivity index (χ2v) is 5.05. The van der Waals surface area contributed by atoms with Gasteiger partial charge in [-0.15, -0.1) is 6.58 Å². The summed E-state index contributed by atoms with van der Waals surface area (Å²) >= 11 is 0. The van der Waals surface area contributed by atoms with Crippen molar-refractivity contribution >= 4 is 5.91 Å². The maximum atomic E-state index is 12.5. The van der Waals surface area contributed by atoms with Crippen LogP contribution in [0.2, 0.25) is 0 Å². The average molecular weight is 286 g/mol. The van der Waals surface area contributed by atoms with Gasteiger partial charge in [-0.05, 0) is 43.5 Å². The van der Waals surface area contributed by atoms with Crippen LogP contribution in [-0.2, 0) is 19.5 Å². The van der Waals surface area contributed by atoms with E-state index in [2.05, 4.69) is 25.7 Å². The van der Waals surface area contributed by atoms with Gasteiger partial charge in [-0.25, -0.2) is 0 Å². The van der Waals surface area contributed by atoms with Gasteiger partial charge in [0.25, 0.3) is 5.91 Å². The lowest BCUT2D eigenvalue weighted by atomic mass is 10.1. The molecule has 0 saturated carbocycles. The van der Waals surface area contributed by atoms with Crippen molar-refractivity contribution in [2.24, 2.45) is 0 Å². The Bertz CT molecular complexity index is 636. The molecule has 0 spiro atoms. The molecule has 0 aliphatic rings. The van der Waals surface area contributed by atoms with Gasteiger partial charge in [0.05, 0.1) is 12.8 Å². The van der Waals surface area contributed by atoms with Crippen molar-refractivity contribution in [1.29, 1.82) is 0 Å². The van der Waals surface area contributed by atoms with Gasteiger partial charge in [0.2, 0.25) is 0 Å². The van der Waals surface area contributed by atoms with Gasteiger partial charge < -0.3 is 14.3 Å². The Morgan fingerprint density at radius 3 is 2.81 bits per heavy atom. The third-order valence-corrected chi connectivity index (χ3v) is 3.80. The van der Waals surface area contributed by atoms with Crippen molar-refractivity contribution in [1.82, 2.24) is 9.88 Å². The van der Waals surface area contributed by atoms with Crippen LogP contribution in [0.1, 0.15) is 40.0 Å². The summed E-state index contributed by atoms with van der Waals surface area (Å²) in [5.74, 6) is 0.670. The Kier molecular flexibility index (Phi) is 4.68. The van der Waals surface area contributed by atoms with E-state index in [-0.39, 0.29) is 5.91 Å². The van der Waals surface area contributed by atoms with Gasteiger partial charge in [0, 0.05) is 12.2 Å². The van der Waals surface area contributed by atoms with E-state index in [0.29, 0.717) is 13.1 Å². The molecule has 0 saturated heterocycles. The molecule has 0 aromatic carbocycles. The van der Waals surface area contributed by atoms with Crippen molar-refractivity contribution < 1.29 is 9.21 Å².